The molecule has 12 heteroatoms. The number of sulfone groups is 1. The molecule has 1 aliphatic rings. The molecule has 2 atom stereocenters. The first-order valence-electron chi connectivity index (χ1n) is 12.2. The Morgan fingerprint density at radius 2 is 1.92 bits per heavy atom. The largest absolute Gasteiger partial charge is 0.495 e. The van der Waals surface area contributed by atoms with Gasteiger partial charge in [0.1, 0.15) is 18.5 Å². The number of benzene rings is 2. The van der Waals surface area contributed by atoms with Gasteiger partial charge in [-0.1, -0.05) is 12.0 Å². The third-order valence-electron chi connectivity index (χ3n) is 6.55. The van der Waals surface area contributed by atoms with Crippen molar-refractivity contribution in [2.75, 3.05) is 50.7 Å². The molecule has 1 fully saturated rings. The summed E-state index contributed by atoms with van der Waals surface area (Å²) in [6.45, 7) is -0.159. The maximum atomic E-state index is 14.6. The van der Waals surface area contributed by atoms with Gasteiger partial charge in [0.2, 0.25) is 0 Å². The highest BCUT2D eigenvalue weighted by Gasteiger charge is 2.31. The minimum absolute atomic E-state index is 0.0619. The van der Waals surface area contributed by atoms with Gasteiger partial charge in [0.15, 0.2) is 9.84 Å². The molecule has 210 valence electrons. The molecule has 7 nitrogen and oxygen atoms in total. The van der Waals surface area contributed by atoms with Crippen molar-refractivity contribution in [3.63, 3.8) is 0 Å². The van der Waals surface area contributed by atoms with Crippen LogP contribution in [0.15, 0.2) is 47.4 Å². The molecule has 0 bridgehead atoms. The van der Waals surface area contributed by atoms with Crippen LogP contribution in [0.3, 0.4) is 0 Å². The summed E-state index contributed by atoms with van der Waals surface area (Å²) in [6.07, 6.45) is -3.92. The van der Waals surface area contributed by atoms with E-state index in [9.17, 15) is 26.0 Å². The average molecular weight is 567 g/mol. The number of nitrogens with one attached hydrogen (secondary N) is 2. The van der Waals surface area contributed by atoms with Crippen molar-refractivity contribution < 1.29 is 30.7 Å². The highest BCUT2D eigenvalue weighted by molar-refractivity contribution is 7.90. The van der Waals surface area contributed by atoms with Gasteiger partial charge in [0.05, 0.1) is 41.5 Å². The summed E-state index contributed by atoms with van der Waals surface area (Å²) in [5.74, 6) is 5.95. The molecule has 0 amide bonds. The molecule has 1 aromatic heterocycles. The molecule has 4 rings (SSSR count). The zero-order valence-electron chi connectivity index (χ0n) is 21.8. The van der Waals surface area contributed by atoms with E-state index < -0.39 is 34.8 Å². The van der Waals surface area contributed by atoms with E-state index in [1.807, 2.05) is 11.9 Å². The maximum Gasteiger partial charge on any atom is 0.406 e. The van der Waals surface area contributed by atoms with Crippen LogP contribution in [0.2, 0.25) is 0 Å². The second-order valence-corrected chi connectivity index (χ2v) is 11.6. The molecule has 2 aromatic carbocycles. The van der Waals surface area contributed by atoms with Crippen LogP contribution < -0.4 is 15.4 Å². The average Bonchev–Trinajstić information content (AvgIpc) is 3.19. The van der Waals surface area contributed by atoms with Gasteiger partial charge in [-0.3, -0.25) is 0 Å². The summed E-state index contributed by atoms with van der Waals surface area (Å²) < 4.78 is 85.1. The summed E-state index contributed by atoms with van der Waals surface area (Å²) >= 11 is 0. The lowest BCUT2D eigenvalue weighted by Crippen LogP contribution is -2.46. The molecule has 1 aliphatic heterocycles. The van der Waals surface area contributed by atoms with E-state index >= 15 is 0 Å². The highest BCUT2D eigenvalue weighted by atomic mass is 32.2. The number of halogens is 4. The van der Waals surface area contributed by atoms with Crippen LogP contribution in [0, 0.1) is 11.8 Å². The summed E-state index contributed by atoms with van der Waals surface area (Å²) in [5.41, 5.74) is 1.55. The van der Waals surface area contributed by atoms with Crippen molar-refractivity contribution >= 4 is 32.1 Å². The molecule has 2 N–H and O–H groups in total. The third kappa shape index (κ3) is 6.96. The molecule has 0 aliphatic carbocycles. The third-order valence-corrected chi connectivity index (χ3v) is 7.66. The van der Waals surface area contributed by atoms with Crippen molar-refractivity contribution in [2.24, 2.45) is 0 Å². The zero-order valence-corrected chi connectivity index (χ0v) is 22.6. The predicted octanol–water partition coefficient (Wildman–Crippen LogP) is 4.53. The molecule has 1 saturated heterocycles. The number of piperidine rings is 1. The van der Waals surface area contributed by atoms with Gasteiger partial charge in [-0.25, -0.2) is 12.8 Å². The highest BCUT2D eigenvalue weighted by Crippen LogP contribution is 2.32. The Hall–Kier alpha value is -3.43. The smallest absolute Gasteiger partial charge is 0.406 e. The number of nitrogens with zero attached hydrogens (tertiary/aromatic N) is 2. The SMILES string of the molecule is COc1cc(S(C)(=O)=O)ccc1NCC#Cc1cc2c(N[C@@H]3CCN(C)C[C@H]3F)cccc2n1CC(F)(F)F. The predicted molar refractivity (Wildman–Crippen MR) is 144 cm³/mol. The Labute approximate surface area is 225 Å². The Kier molecular flexibility index (Phi) is 8.32. The van der Waals surface area contributed by atoms with Crippen LogP contribution >= 0.6 is 0 Å². The lowest BCUT2D eigenvalue weighted by atomic mass is 10.0. The van der Waals surface area contributed by atoms with Crippen molar-refractivity contribution in [3.05, 3.63) is 48.2 Å². The number of fused-ring (bicyclic) bond motifs is 1. The van der Waals surface area contributed by atoms with Gasteiger partial charge in [0, 0.05) is 36.5 Å². The Morgan fingerprint density at radius 1 is 1.15 bits per heavy atom. The minimum atomic E-state index is -4.48. The van der Waals surface area contributed by atoms with Crippen LogP contribution in [0.5, 0.6) is 5.75 Å². The first-order chi connectivity index (χ1) is 18.4. The van der Waals surface area contributed by atoms with Gasteiger partial charge in [0.25, 0.3) is 0 Å². The Morgan fingerprint density at radius 3 is 2.59 bits per heavy atom. The topological polar surface area (TPSA) is 75.6 Å². The number of aromatic nitrogens is 1. The number of hydrogen-bond donors (Lipinski definition) is 2. The fraction of sp³-hybridized carbons (Fsp3) is 0.407. The fourth-order valence-corrected chi connectivity index (χ4v) is 5.24. The summed E-state index contributed by atoms with van der Waals surface area (Å²) in [5, 5.41) is 6.74. The van der Waals surface area contributed by atoms with E-state index in [4.69, 9.17) is 4.74 Å². The van der Waals surface area contributed by atoms with Gasteiger partial charge in [-0.05, 0) is 49.7 Å². The maximum absolute atomic E-state index is 14.6. The number of ether oxygens (including phenoxy) is 1. The Balaban J connectivity index is 1.61. The zero-order chi connectivity index (χ0) is 28.4. The molecule has 2 heterocycles. The van der Waals surface area contributed by atoms with Gasteiger partial charge in [-0.2, -0.15) is 13.2 Å². The molecule has 0 radical (unpaired) electrons. The molecule has 39 heavy (non-hydrogen) atoms. The van der Waals surface area contributed by atoms with E-state index in [-0.39, 0.29) is 23.7 Å². The summed E-state index contributed by atoms with van der Waals surface area (Å²) in [6, 6.07) is 10.5. The molecule has 0 spiro atoms. The van der Waals surface area contributed by atoms with Gasteiger partial charge < -0.3 is 24.8 Å². The van der Waals surface area contributed by atoms with Crippen LogP contribution in [0.4, 0.5) is 28.9 Å². The van der Waals surface area contributed by atoms with Crippen LogP contribution in [-0.4, -0.2) is 76.3 Å². The number of anilines is 2. The number of hydrogen-bond acceptors (Lipinski definition) is 6. The van der Waals surface area contributed by atoms with Crippen molar-refractivity contribution in [3.8, 4) is 17.6 Å². The standard InChI is InChI=1S/C27H30F4N4O3S/c1-34-13-11-23(21(28)16-34)33-22-7-4-8-25-20(22)14-18(35(25)17-27(29,30)31)6-5-12-32-24-10-9-19(39(3,36)37)15-26(24)38-2/h4,7-10,14-15,21,23,32-33H,11-13,16-17H2,1-3H3/t21-,23-/m1/s1. The second-order valence-electron chi connectivity index (χ2n) is 9.58. The number of rotatable bonds is 7. The Bertz CT molecular complexity index is 1510. The van der Waals surface area contributed by atoms with Gasteiger partial charge in [-0.15, -0.1) is 0 Å². The fourth-order valence-electron chi connectivity index (χ4n) is 4.60. The van der Waals surface area contributed by atoms with Crippen molar-refractivity contribution in [2.45, 2.75) is 36.3 Å². The van der Waals surface area contributed by atoms with Crippen molar-refractivity contribution in [1.82, 2.24) is 9.47 Å². The lowest BCUT2D eigenvalue weighted by Gasteiger charge is -2.33. The van der Waals surface area contributed by atoms with Crippen molar-refractivity contribution in [1.29, 1.82) is 0 Å². The molecular formula is C27H30F4N4O3S. The molecule has 0 unspecified atom stereocenters. The molecular weight excluding hydrogens is 536 g/mol. The second kappa shape index (κ2) is 11.4. The monoisotopic (exact) mass is 566 g/mol. The first kappa shape index (κ1) is 28.6. The van der Waals surface area contributed by atoms with E-state index in [1.165, 1.54) is 25.3 Å². The minimum Gasteiger partial charge on any atom is -0.495 e. The van der Waals surface area contributed by atoms with Crippen LogP contribution in [0.1, 0.15) is 12.1 Å². The lowest BCUT2D eigenvalue weighted by molar-refractivity contribution is -0.140. The summed E-state index contributed by atoms with van der Waals surface area (Å²) in [7, 11) is -0.176. The molecule has 0 saturated carbocycles. The van der Waals surface area contributed by atoms with E-state index in [2.05, 4.69) is 22.5 Å². The summed E-state index contributed by atoms with van der Waals surface area (Å²) in [4.78, 5) is 2.00. The number of alkyl halides is 4. The van der Waals surface area contributed by atoms with E-state index in [0.717, 1.165) is 10.8 Å². The van der Waals surface area contributed by atoms with Crippen LogP contribution in [0.25, 0.3) is 10.9 Å². The van der Waals surface area contributed by atoms with E-state index in [0.29, 0.717) is 41.0 Å². The first-order valence-corrected chi connectivity index (χ1v) is 14.1. The van der Waals surface area contributed by atoms with Crippen LogP contribution in [-0.2, 0) is 16.4 Å². The quantitative estimate of drug-likeness (QED) is 0.323. The molecule has 3 aromatic rings. The normalized spacial score (nSPS) is 18.4. The van der Waals surface area contributed by atoms with E-state index in [1.54, 1.807) is 24.3 Å². The van der Waals surface area contributed by atoms with Gasteiger partial charge >= 0.3 is 6.18 Å². The number of likely N-dealkylation sites (tertiary alicyclic amines) is 1. The number of methoxy groups -OCH3 is 1.